The van der Waals surface area contributed by atoms with Gasteiger partial charge in [-0.15, -0.1) is 0 Å². The number of nitrogens with two attached hydrogens (primary N) is 1. The van der Waals surface area contributed by atoms with Crippen LogP contribution in [0.3, 0.4) is 0 Å². The van der Waals surface area contributed by atoms with Crippen LogP contribution in [0.1, 0.15) is 52.6 Å². The molecule has 126 valence electrons. The van der Waals surface area contributed by atoms with Crippen molar-refractivity contribution < 1.29 is 4.79 Å². The molecule has 1 aromatic heterocycles. The largest absolute Gasteiger partial charge is 0.326 e. The lowest BCUT2D eigenvalue weighted by Crippen LogP contribution is -2.36. The van der Waals surface area contributed by atoms with Gasteiger partial charge in [-0.2, -0.15) is 5.10 Å². The predicted octanol–water partition coefficient (Wildman–Crippen LogP) is 1.89. The summed E-state index contributed by atoms with van der Waals surface area (Å²) in [7, 11) is 0. The monoisotopic (exact) mass is 325 g/mol. The van der Waals surface area contributed by atoms with Crippen LogP contribution in [0.5, 0.6) is 0 Å². The maximum absolute atomic E-state index is 13.0. The van der Waals surface area contributed by atoms with Crippen LogP contribution in [0, 0.1) is 0 Å². The summed E-state index contributed by atoms with van der Waals surface area (Å²) < 4.78 is 0. The standard InChI is InChI=1S/C18H23N5O/c19-11-12-4-1-7-17-13(12)5-3-9-23(17)18(24)16-10-15(21-22-16)14-6-2-8-20-14/h1,4,7,10,14,20H,2-3,5-6,8-9,11,19H2,(H,21,22). The summed E-state index contributed by atoms with van der Waals surface area (Å²) in [6, 6.07) is 8.22. The number of benzene rings is 1. The van der Waals surface area contributed by atoms with Crippen LogP contribution in [0.15, 0.2) is 24.3 Å². The fraction of sp³-hybridized carbons (Fsp3) is 0.444. The van der Waals surface area contributed by atoms with E-state index < -0.39 is 0 Å². The van der Waals surface area contributed by atoms with Gasteiger partial charge in [0, 0.05) is 24.8 Å². The molecule has 1 atom stereocenters. The highest BCUT2D eigenvalue weighted by Gasteiger charge is 2.27. The van der Waals surface area contributed by atoms with Crippen molar-refractivity contribution in [2.24, 2.45) is 5.73 Å². The summed E-state index contributed by atoms with van der Waals surface area (Å²) in [4.78, 5) is 14.8. The fourth-order valence-electron chi connectivity index (χ4n) is 3.81. The molecule has 1 aromatic carbocycles. The Hall–Kier alpha value is -2.18. The Labute approximate surface area is 141 Å². The second kappa shape index (κ2) is 6.37. The van der Waals surface area contributed by atoms with Crippen molar-refractivity contribution in [1.82, 2.24) is 15.5 Å². The molecule has 4 N–H and O–H groups in total. The number of fused-ring (bicyclic) bond motifs is 1. The summed E-state index contributed by atoms with van der Waals surface area (Å²) in [6.07, 6.45) is 4.18. The number of rotatable bonds is 3. The van der Waals surface area contributed by atoms with Crippen LogP contribution < -0.4 is 16.0 Å². The Morgan fingerprint density at radius 2 is 2.29 bits per heavy atom. The summed E-state index contributed by atoms with van der Waals surface area (Å²) in [5.41, 5.74) is 10.7. The first kappa shape index (κ1) is 15.4. The van der Waals surface area contributed by atoms with Gasteiger partial charge < -0.3 is 16.0 Å². The molecule has 24 heavy (non-hydrogen) atoms. The van der Waals surface area contributed by atoms with Crippen molar-refractivity contribution in [1.29, 1.82) is 0 Å². The van der Waals surface area contributed by atoms with Gasteiger partial charge in [0.25, 0.3) is 5.91 Å². The SMILES string of the molecule is NCc1cccc2c1CCCN2C(=O)c1cc(C2CCCN2)[nH]n1. The van der Waals surface area contributed by atoms with Crippen LogP contribution in [0.2, 0.25) is 0 Å². The molecule has 0 aliphatic carbocycles. The molecule has 0 saturated carbocycles. The first-order chi connectivity index (χ1) is 11.8. The minimum Gasteiger partial charge on any atom is -0.326 e. The molecule has 0 spiro atoms. The van der Waals surface area contributed by atoms with E-state index in [2.05, 4.69) is 15.5 Å². The smallest absolute Gasteiger partial charge is 0.278 e. The fourth-order valence-corrected chi connectivity index (χ4v) is 3.81. The van der Waals surface area contributed by atoms with Crippen LogP contribution in [0.25, 0.3) is 0 Å². The minimum atomic E-state index is -0.0365. The Morgan fingerprint density at radius 3 is 3.08 bits per heavy atom. The van der Waals surface area contributed by atoms with Crippen molar-refractivity contribution in [3.63, 3.8) is 0 Å². The van der Waals surface area contributed by atoms with Crippen molar-refractivity contribution in [3.8, 4) is 0 Å². The quantitative estimate of drug-likeness (QED) is 0.804. The zero-order valence-corrected chi connectivity index (χ0v) is 13.7. The van der Waals surface area contributed by atoms with Crippen LogP contribution in [-0.2, 0) is 13.0 Å². The number of aromatic amines is 1. The normalized spacial score (nSPS) is 20.2. The minimum absolute atomic E-state index is 0.0365. The number of amides is 1. The van der Waals surface area contributed by atoms with Gasteiger partial charge in [0.15, 0.2) is 5.69 Å². The summed E-state index contributed by atoms with van der Waals surface area (Å²) >= 11 is 0. The average molecular weight is 325 g/mol. The van der Waals surface area contributed by atoms with E-state index in [-0.39, 0.29) is 11.9 Å². The van der Waals surface area contributed by atoms with Crippen LogP contribution in [0.4, 0.5) is 5.69 Å². The first-order valence-corrected chi connectivity index (χ1v) is 8.69. The number of anilines is 1. The highest BCUT2D eigenvalue weighted by atomic mass is 16.2. The molecule has 1 unspecified atom stereocenters. The summed E-state index contributed by atoms with van der Waals surface area (Å²) in [5, 5.41) is 10.7. The van der Waals surface area contributed by atoms with Gasteiger partial charge >= 0.3 is 0 Å². The molecule has 3 heterocycles. The third-order valence-corrected chi connectivity index (χ3v) is 5.07. The molecule has 0 radical (unpaired) electrons. The van der Waals surface area contributed by atoms with Gasteiger partial charge in [0.2, 0.25) is 0 Å². The van der Waals surface area contributed by atoms with E-state index in [4.69, 9.17) is 5.73 Å². The number of aromatic nitrogens is 2. The third kappa shape index (κ3) is 2.61. The Bertz CT molecular complexity index is 748. The van der Waals surface area contributed by atoms with Crippen LogP contribution in [-0.4, -0.2) is 29.2 Å². The van der Waals surface area contributed by atoms with E-state index in [1.165, 1.54) is 5.56 Å². The maximum Gasteiger partial charge on any atom is 0.278 e. The molecule has 1 saturated heterocycles. The first-order valence-electron chi connectivity index (χ1n) is 8.69. The number of hydrogen-bond donors (Lipinski definition) is 3. The van der Waals surface area contributed by atoms with Crippen molar-refractivity contribution in [2.45, 2.75) is 38.3 Å². The molecule has 6 nitrogen and oxygen atoms in total. The number of hydrogen-bond acceptors (Lipinski definition) is 4. The van der Waals surface area contributed by atoms with Gasteiger partial charge in [-0.1, -0.05) is 12.1 Å². The van der Waals surface area contributed by atoms with Crippen molar-refractivity contribution >= 4 is 11.6 Å². The molecule has 2 aliphatic heterocycles. The highest BCUT2D eigenvalue weighted by molar-refractivity contribution is 6.05. The zero-order valence-electron chi connectivity index (χ0n) is 13.7. The molecule has 1 fully saturated rings. The van der Waals surface area contributed by atoms with Crippen molar-refractivity contribution in [2.75, 3.05) is 18.0 Å². The highest BCUT2D eigenvalue weighted by Crippen LogP contribution is 2.31. The topological polar surface area (TPSA) is 87.0 Å². The number of H-pyrrole nitrogens is 1. The molecule has 2 aromatic rings. The van der Waals surface area contributed by atoms with Gasteiger partial charge in [-0.25, -0.2) is 0 Å². The molecular weight excluding hydrogens is 302 g/mol. The van der Waals surface area contributed by atoms with E-state index in [1.54, 1.807) is 0 Å². The van der Waals surface area contributed by atoms with E-state index in [1.807, 2.05) is 29.2 Å². The predicted molar refractivity (Wildman–Crippen MR) is 92.9 cm³/mol. The number of nitrogens with zero attached hydrogens (tertiary/aromatic N) is 2. The summed E-state index contributed by atoms with van der Waals surface area (Å²) in [5.74, 6) is -0.0365. The van der Waals surface area contributed by atoms with Gasteiger partial charge in [-0.3, -0.25) is 9.89 Å². The van der Waals surface area contributed by atoms with E-state index in [0.717, 1.165) is 55.7 Å². The average Bonchev–Trinajstić information content (AvgIpc) is 3.31. The maximum atomic E-state index is 13.0. The molecule has 0 bridgehead atoms. The second-order valence-corrected chi connectivity index (χ2v) is 6.54. The van der Waals surface area contributed by atoms with Gasteiger partial charge in [0.05, 0.1) is 5.69 Å². The van der Waals surface area contributed by atoms with E-state index >= 15 is 0 Å². The molecule has 2 aliphatic rings. The molecule has 4 rings (SSSR count). The summed E-state index contributed by atoms with van der Waals surface area (Å²) in [6.45, 7) is 2.25. The van der Waals surface area contributed by atoms with Gasteiger partial charge in [-0.05, 0) is 55.5 Å². The molecule has 1 amide bonds. The lowest BCUT2D eigenvalue weighted by Gasteiger charge is -2.30. The Balaban J connectivity index is 1.62. The number of carbonyl (C=O) groups excluding carboxylic acids is 1. The lowest BCUT2D eigenvalue weighted by atomic mass is 9.96. The van der Waals surface area contributed by atoms with E-state index in [0.29, 0.717) is 12.2 Å². The Morgan fingerprint density at radius 1 is 1.38 bits per heavy atom. The van der Waals surface area contributed by atoms with Gasteiger partial charge in [0.1, 0.15) is 0 Å². The number of carbonyl (C=O) groups is 1. The van der Waals surface area contributed by atoms with Crippen molar-refractivity contribution in [3.05, 3.63) is 46.8 Å². The molecular formula is C18H23N5O. The zero-order chi connectivity index (χ0) is 16.5. The lowest BCUT2D eigenvalue weighted by molar-refractivity contribution is 0.0980. The van der Waals surface area contributed by atoms with Crippen LogP contribution >= 0.6 is 0 Å². The second-order valence-electron chi connectivity index (χ2n) is 6.54. The van der Waals surface area contributed by atoms with E-state index in [9.17, 15) is 4.79 Å². The Kier molecular flexibility index (Phi) is 4.08. The number of nitrogens with one attached hydrogen (secondary N) is 2. The molecule has 6 heteroatoms. The third-order valence-electron chi connectivity index (χ3n) is 5.07.